The first-order valence-electron chi connectivity index (χ1n) is 6.87. The van der Waals surface area contributed by atoms with Crippen molar-refractivity contribution < 1.29 is 10.2 Å². The molecule has 0 aliphatic rings. The summed E-state index contributed by atoms with van der Waals surface area (Å²) in [4.78, 5) is 2.19. The molecule has 0 heterocycles. The number of aliphatic hydroxyl groups excluding tert-OH is 2. The van der Waals surface area contributed by atoms with E-state index in [2.05, 4.69) is 25.7 Å². The molecule has 3 nitrogen and oxygen atoms in total. The molecule has 0 spiro atoms. The summed E-state index contributed by atoms with van der Waals surface area (Å²) in [7, 11) is 0. The summed E-state index contributed by atoms with van der Waals surface area (Å²) in [6.07, 6.45) is 2.07. The van der Waals surface area contributed by atoms with Crippen molar-refractivity contribution in [3.8, 4) is 0 Å². The van der Waals surface area contributed by atoms with E-state index in [0.717, 1.165) is 25.8 Å². The van der Waals surface area contributed by atoms with Gasteiger partial charge in [0.2, 0.25) is 0 Å². The molecule has 0 aromatic carbocycles. The average Bonchev–Trinajstić information content (AvgIpc) is 2.24. The molecule has 2 unspecified atom stereocenters. The SMILES string of the molecule is CCC(O)CN(CCC(C)(C)C)CC(O)CC. The molecule has 0 aromatic rings. The van der Waals surface area contributed by atoms with Crippen LogP contribution in [0.25, 0.3) is 0 Å². The van der Waals surface area contributed by atoms with Crippen molar-refractivity contribution in [3.05, 3.63) is 0 Å². The van der Waals surface area contributed by atoms with Crippen LogP contribution in [0.3, 0.4) is 0 Å². The van der Waals surface area contributed by atoms with Crippen LogP contribution in [-0.4, -0.2) is 47.0 Å². The van der Waals surface area contributed by atoms with Gasteiger partial charge in [0.15, 0.2) is 0 Å². The van der Waals surface area contributed by atoms with E-state index in [1.807, 2.05) is 13.8 Å². The van der Waals surface area contributed by atoms with Gasteiger partial charge in [-0.15, -0.1) is 0 Å². The first-order chi connectivity index (χ1) is 7.78. The smallest absolute Gasteiger partial charge is 0.0664 e. The van der Waals surface area contributed by atoms with E-state index in [0.29, 0.717) is 18.5 Å². The summed E-state index contributed by atoms with van der Waals surface area (Å²) in [5.74, 6) is 0. The normalized spacial score (nSPS) is 16.2. The van der Waals surface area contributed by atoms with Crippen molar-refractivity contribution in [1.29, 1.82) is 0 Å². The highest BCUT2D eigenvalue weighted by Crippen LogP contribution is 2.19. The average molecular weight is 245 g/mol. The Morgan fingerprint density at radius 3 is 1.65 bits per heavy atom. The molecule has 0 aliphatic heterocycles. The van der Waals surface area contributed by atoms with Gasteiger partial charge in [0.05, 0.1) is 12.2 Å². The van der Waals surface area contributed by atoms with Crippen LogP contribution in [0.4, 0.5) is 0 Å². The van der Waals surface area contributed by atoms with Crippen LogP contribution in [0.2, 0.25) is 0 Å². The lowest BCUT2D eigenvalue weighted by Crippen LogP contribution is -2.39. The van der Waals surface area contributed by atoms with Crippen molar-refractivity contribution in [3.63, 3.8) is 0 Å². The molecule has 104 valence electrons. The largest absolute Gasteiger partial charge is 0.392 e. The summed E-state index contributed by atoms with van der Waals surface area (Å²) in [5.41, 5.74) is 0.298. The van der Waals surface area contributed by atoms with Gasteiger partial charge in [-0.05, 0) is 31.2 Å². The molecule has 0 fully saturated rings. The molecule has 3 heteroatoms. The summed E-state index contributed by atoms with van der Waals surface area (Å²) < 4.78 is 0. The minimum absolute atomic E-state index is 0.279. The first-order valence-corrected chi connectivity index (χ1v) is 6.87. The second-order valence-electron chi connectivity index (χ2n) is 6.19. The molecule has 0 rings (SSSR count). The maximum atomic E-state index is 9.72. The van der Waals surface area contributed by atoms with Gasteiger partial charge < -0.3 is 10.2 Å². The minimum Gasteiger partial charge on any atom is -0.392 e. The molecule has 0 aliphatic carbocycles. The van der Waals surface area contributed by atoms with E-state index in [-0.39, 0.29) is 12.2 Å². The zero-order valence-corrected chi connectivity index (χ0v) is 12.2. The van der Waals surface area contributed by atoms with Crippen LogP contribution in [0.5, 0.6) is 0 Å². The number of nitrogens with zero attached hydrogens (tertiary/aromatic N) is 1. The second-order valence-corrected chi connectivity index (χ2v) is 6.19. The van der Waals surface area contributed by atoms with Crippen LogP contribution in [0, 0.1) is 5.41 Å². The minimum atomic E-state index is -0.279. The van der Waals surface area contributed by atoms with Crippen molar-refractivity contribution in [2.75, 3.05) is 19.6 Å². The third-order valence-electron chi connectivity index (χ3n) is 3.06. The van der Waals surface area contributed by atoms with Crippen molar-refractivity contribution in [2.45, 2.75) is 66.1 Å². The van der Waals surface area contributed by atoms with Crippen molar-refractivity contribution >= 4 is 0 Å². The highest BCUT2D eigenvalue weighted by Gasteiger charge is 2.17. The van der Waals surface area contributed by atoms with Gasteiger partial charge in [0.1, 0.15) is 0 Å². The molecule has 0 aromatic heterocycles. The Labute approximate surface area is 107 Å². The monoisotopic (exact) mass is 245 g/mol. The van der Waals surface area contributed by atoms with E-state index < -0.39 is 0 Å². The maximum Gasteiger partial charge on any atom is 0.0664 e. The summed E-state index contributed by atoms with van der Waals surface area (Å²) in [6, 6.07) is 0. The van der Waals surface area contributed by atoms with Crippen LogP contribution in [0.15, 0.2) is 0 Å². The fourth-order valence-corrected chi connectivity index (χ4v) is 1.60. The van der Waals surface area contributed by atoms with Gasteiger partial charge in [-0.3, -0.25) is 4.90 Å². The molecule has 0 saturated carbocycles. The lowest BCUT2D eigenvalue weighted by atomic mass is 9.92. The highest BCUT2D eigenvalue weighted by atomic mass is 16.3. The van der Waals surface area contributed by atoms with E-state index in [4.69, 9.17) is 0 Å². The Hall–Kier alpha value is -0.120. The fourth-order valence-electron chi connectivity index (χ4n) is 1.60. The standard InChI is InChI=1S/C14H31NO2/c1-6-12(16)10-15(11-13(17)7-2)9-8-14(3,4)5/h12-13,16-17H,6-11H2,1-5H3. The molecule has 0 saturated heterocycles. The van der Waals surface area contributed by atoms with E-state index in [1.165, 1.54) is 0 Å². The third kappa shape index (κ3) is 9.57. The van der Waals surface area contributed by atoms with Crippen LogP contribution >= 0.6 is 0 Å². The molecule has 0 radical (unpaired) electrons. The molecular formula is C14H31NO2. The topological polar surface area (TPSA) is 43.7 Å². The number of aliphatic hydroxyl groups is 2. The second kappa shape index (κ2) is 8.06. The number of rotatable bonds is 8. The first kappa shape index (κ1) is 16.9. The predicted octanol–water partition coefficient (Wildman–Crippen LogP) is 2.27. The zero-order valence-electron chi connectivity index (χ0n) is 12.2. The molecule has 2 N–H and O–H groups in total. The lowest BCUT2D eigenvalue weighted by Gasteiger charge is -2.29. The van der Waals surface area contributed by atoms with Crippen LogP contribution in [-0.2, 0) is 0 Å². The molecular weight excluding hydrogens is 214 g/mol. The fraction of sp³-hybridized carbons (Fsp3) is 1.00. The van der Waals surface area contributed by atoms with Gasteiger partial charge in [-0.1, -0.05) is 34.6 Å². The number of hydrogen-bond donors (Lipinski definition) is 2. The van der Waals surface area contributed by atoms with Crippen molar-refractivity contribution in [1.82, 2.24) is 4.90 Å². The zero-order chi connectivity index (χ0) is 13.5. The van der Waals surface area contributed by atoms with Crippen LogP contribution < -0.4 is 0 Å². The Morgan fingerprint density at radius 1 is 0.941 bits per heavy atom. The van der Waals surface area contributed by atoms with E-state index in [1.54, 1.807) is 0 Å². The van der Waals surface area contributed by atoms with Gasteiger partial charge in [-0.25, -0.2) is 0 Å². The Morgan fingerprint density at radius 2 is 1.35 bits per heavy atom. The summed E-state index contributed by atoms with van der Waals surface area (Å²) >= 11 is 0. The maximum absolute atomic E-state index is 9.72. The van der Waals surface area contributed by atoms with Gasteiger partial charge in [-0.2, -0.15) is 0 Å². The van der Waals surface area contributed by atoms with E-state index >= 15 is 0 Å². The van der Waals surface area contributed by atoms with Crippen LogP contribution in [0.1, 0.15) is 53.9 Å². The van der Waals surface area contributed by atoms with Gasteiger partial charge in [0, 0.05) is 13.1 Å². The molecule has 0 amide bonds. The summed E-state index contributed by atoms with van der Waals surface area (Å²) in [5, 5.41) is 19.4. The molecule has 0 bridgehead atoms. The molecule has 17 heavy (non-hydrogen) atoms. The van der Waals surface area contributed by atoms with Gasteiger partial charge in [0.25, 0.3) is 0 Å². The summed E-state index contributed by atoms with van der Waals surface area (Å²) in [6.45, 7) is 12.9. The Kier molecular flexibility index (Phi) is 8.01. The predicted molar refractivity (Wildman–Crippen MR) is 73.1 cm³/mol. The Balaban J connectivity index is 4.19. The number of hydrogen-bond acceptors (Lipinski definition) is 3. The van der Waals surface area contributed by atoms with Crippen molar-refractivity contribution in [2.24, 2.45) is 5.41 Å². The highest BCUT2D eigenvalue weighted by molar-refractivity contribution is 4.71. The van der Waals surface area contributed by atoms with E-state index in [9.17, 15) is 10.2 Å². The quantitative estimate of drug-likeness (QED) is 0.689. The van der Waals surface area contributed by atoms with Gasteiger partial charge >= 0.3 is 0 Å². The Bertz CT molecular complexity index is 177. The molecule has 2 atom stereocenters. The third-order valence-corrected chi connectivity index (χ3v) is 3.06. The lowest BCUT2D eigenvalue weighted by molar-refractivity contribution is 0.0606.